The van der Waals surface area contributed by atoms with Crippen LogP contribution in [0.25, 0.3) is 11.5 Å². The van der Waals surface area contributed by atoms with Gasteiger partial charge in [0.25, 0.3) is 0 Å². The number of fused-ring (bicyclic) bond motifs is 1. The smallest absolute Gasteiger partial charge is 0.184 e. The lowest BCUT2D eigenvalue weighted by Crippen LogP contribution is -2.68. The summed E-state index contributed by atoms with van der Waals surface area (Å²) in [6.45, 7) is 21.9. The average molecular weight is 520 g/mol. The zero-order valence-electron chi connectivity index (χ0n) is 23.9. The molecule has 0 aromatic heterocycles. The predicted octanol–water partition coefficient (Wildman–Crippen LogP) is 8.62. The Bertz CT molecular complexity index is 772. The first-order chi connectivity index (χ1) is 16.2. The van der Waals surface area contributed by atoms with Crippen molar-refractivity contribution in [3.8, 4) is 11.5 Å². The summed E-state index contributed by atoms with van der Waals surface area (Å²) in [6.07, 6.45) is 11.6. The van der Waals surface area contributed by atoms with E-state index in [1.165, 1.54) is 80.6 Å². The topological polar surface area (TPSA) is 46.8 Å². The number of anilines is 1. The van der Waals surface area contributed by atoms with Crippen molar-refractivity contribution in [2.45, 2.75) is 136 Å². The minimum Gasteiger partial charge on any atom is -0.408 e. The van der Waals surface area contributed by atoms with E-state index in [0.717, 1.165) is 11.5 Å². The first-order valence-corrected chi connectivity index (χ1v) is 22.8. The Kier molecular flexibility index (Phi) is 11.0. The van der Waals surface area contributed by atoms with Gasteiger partial charge in [-0.3, -0.25) is 0 Å². The van der Waals surface area contributed by atoms with Gasteiger partial charge in [-0.2, -0.15) is 0 Å². The van der Waals surface area contributed by atoms with Gasteiger partial charge in [0.05, 0.1) is 6.33 Å². The number of rotatable bonds is 16. The molecule has 0 aromatic rings. The van der Waals surface area contributed by atoms with Crippen LogP contribution in [0.3, 0.4) is 0 Å². The van der Waals surface area contributed by atoms with Crippen LogP contribution in [-0.4, -0.2) is 43.9 Å². The second-order valence-electron chi connectivity index (χ2n) is 11.4. The van der Waals surface area contributed by atoms with Crippen molar-refractivity contribution in [1.82, 2.24) is 19.2 Å². The molecule has 0 bridgehead atoms. The fraction of sp³-hybridized carbons (Fsp3) is 0.808. The molecule has 0 spiro atoms. The van der Waals surface area contributed by atoms with E-state index in [-0.39, 0.29) is 0 Å². The molecule has 0 radical (unpaired) electrons. The van der Waals surface area contributed by atoms with E-state index < -0.39 is 24.7 Å². The van der Waals surface area contributed by atoms with Crippen molar-refractivity contribution in [3.05, 3.63) is 12.7 Å². The highest BCUT2D eigenvalue weighted by atomic mass is 28.4. The molecule has 0 N–H and O–H groups in total. The molecule has 8 heteroatoms. The zero-order chi connectivity index (χ0) is 25.4. The van der Waals surface area contributed by atoms with Crippen molar-refractivity contribution in [1.29, 1.82) is 0 Å². The maximum absolute atomic E-state index is 4.93. The van der Waals surface area contributed by atoms with Gasteiger partial charge in [-0.15, -0.1) is 0 Å². The monoisotopic (exact) mass is 519 g/mol. The minimum atomic E-state index is -1.81. The molecule has 5 nitrogen and oxygen atoms in total. The van der Waals surface area contributed by atoms with Crippen molar-refractivity contribution >= 4 is 30.5 Å². The molecule has 34 heavy (non-hydrogen) atoms. The van der Waals surface area contributed by atoms with Gasteiger partial charge in [-0.25, -0.2) is 15.0 Å². The third-order valence-corrected chi connectivity index (χ3v) is 23.0. The predicted molar refractivity (Wildman–Crippen MR) is 158 cm³/mol. The molecule has 194 valence electrons. The highest BCUT2D eigenvalue weighted by Crippen LogP contribution is 2.46. The number of aromatic nitrogens is 4. The van der Waals surface area contributed by atoms with Gasteiger partial charge in [0, 0.05) is 0 Å². The number of hydrogen-bond donors (Lipinski definition) is 0. The van der Waals surface area contributed by atoms with E-state index in [4.69, 9.17) is 9.97 Å². The van der Waals surface area contributed by atoms with Crippen LogP contribution in [0.2, 0.25) is 55.9 Å². The lowest BCUT2D eigenvalue weighted by atomic mass is 10.4. The molecular formula is C26H53N5Si3. The molecule has 0 atom stereocenters. The van der Waals surface area contributed by atoms with Gasteiger partial charge in [-0.05, 0) is 36.3 Å². The summed E-state index contributed by atoms with van der Waals surface area (Å²) in [6, 6.07) is 8.36. The summed E-state index contributed by atoms with van der Waals surface area (Å²) in [5.41, 5.74) is 1.07. The quantitative estimate of drug-likeness (QED) is 0.208. The molecule has 2 aliphatic rings. The van der Waals surface area contributed by atoms with E-state index in [0.29, 0.717) is 0 Å². The Morgan fingerprint density at radius 1 is 0.647 bits per heavy atom. The molecule has 0 amide bonds. The first kappa shape index (κ1) is 29.2. The van der Waals surface area contributed by atoms with Gasteiger partial charge in [0.1, 0.15) is 34.3 Å². The van der Waals surface area contributed by atoms with Crippen LogP contribution in [0.5, 0.6) is 0 Å². The molecule has 2 rings (SSSR count). The normalized spacial score (nSPS) is 13.1. The third kappa shape index (κ3) is 6.03. The second-order valence-corrected chi connectivity index (χ2v) is 25.5. The molecule has 0 aromatic carbocycles. The number of nitrogens with zero attached hydrogens (tertiary/aromatic N) is 5. The first-order valence-electron chi connectivity index (χ1n) is 14.2. The highest BCUT2D eigenvalue weighted by Gasteiger charge is 2.51. The SMILES string of the molecule is CCC[Si](CCC)(CCC)N(c1c2ncnc-2ncn1[Si](C)(C)C)[Si](CCC)(CCC)CCC. The Labute approximate surface area is 213 Å². The van der Waals surface area contributed by atoms with Crippen molar-refractivity contribution in [3.63, 3.8) is 0 Å². The van der Waals surface area contributed by atoms with Gasteiger partial charge < -0.3 is 8.46 Å². The Morgan fingerprint density at radius 3 is 1.41 bits per heavy atom. The molecule has 0 saturated carbocycles. The van der Waals surface area contributed by atoms with Crippen LogP contribution in [0, 0.1) is 0 Å². The Balaban J connectivity index is 3.07. The molecule has 2 heterocycles. The molecule has 2 aliphatic heterocycles. The fourth-order valence-electron chi connectivity index (χ4n) is 6.66. The summed E-state index contributed by atoms with van der Waals surface area (Å²) >= 11 is 0. The molecule has 0 aliphatic carbocycles. The average Bonchev–Trinajstić information content (AvgIpc) is 3.23. The standard InChI is InChI=1S/C26H53N5Si3/c1-10-16-33(17-11-2,18-12-3)31(34(19-13-4,20-14-5)21-15-6)26-24-25(28-22-27-24)29-23-30(26)32(7,8)9/h22-23H,10-21H2,1-9H3. The summed E-state index contributed by atoms with van der Waals surface area (Å²) in [4.78, 5) is 14.4. The van der Waals surface area contributed by atoms with E-state index in [9.17, 15) is 0 Å². The largest absolute Gasteiger partial charge is 0.408 e. The lowest BCUT2D eigenvalue weighted by Gasteiger charge is -2.56. The maximum atomic E-state index is 4.93. The summed E-state index contributed by atoms with van der Waals surface area (Å²) in [7, 11) is -5.36. The summed E-state index contributed by atoms with van der Waals surface area (Å²) in [5, 5.41) is 0. The number of imidazole rings is 1. The zero-order valence-corrected chi connectivity index (χ0v) is 26.9. The van der Waals surface area contributed by atoms with Crippen LogP contribution >= 0.6 is 0 Å². The highest BCUT2D eigenvalue weighted by molar-refractivity contribution is 7.02. The van der Waals surface area contributed by atoms with Gasteiger partial charge in [0.15, 0.2) is 14.1 Å². The molecule has 0 fully saturated rings. The molecule has 0 unspecified atom stereocenters. The third-order valence-electron chi connectivity index (χ3n) is 7.49. The van der Waals surface area contributed by atoms with Crippen LogP contribution < -0.4 is 4.23 Å². The van der Waals surface area contributed by atoms with Crippen LogP contribution in [0.1, 0.15) is 80.1 Å². The lowest BCUT2D eigenvalue weighted by molar-refractivity contribution is 0.862. The van der Waals surface area contributed by atoms with Crippen molar-refractivity contribution in [2.75, 3.05) is 4.23 Å². The van der Waals surface area contributed by atoms with Crippen molar-refractivity contribution in [2.24, 2.45) is 0 Å². The van der Waals surface area contributed by atoms with Gasteiger partial charge in [-0.1, -0.05) is 99.7 Å². The van der Waals surface area contributed by atoms with E-state index in [2.05, 4.69) is 81.0 Å². The van der Waals surface area contributed by atoms with Crippen molar-refractivity contribution < 1.29 is 0 Å². The van der Waals surface area contributed by atoms with E-state index in [1.807, 2.05) is 0 Å². The van der Waals surface area contributed by atoms with Gasteiger partial charge in [0.2, 0.25) is 0 Å². The fourth-order valence-corrected chi connectivity index (χ4v) is 23.9. The summed E-state index contributed by atoms with van der Waals surface area (Å²) < 4.78 is 5.87. The van der Waals surface area contributed by atoms with Crippen LogP contribution in [0.15, 0.2) is 12.7 Å². The Hall–Kier alpha value is -0.999. The molecular weight excluding hydrogens is 467 g/mol. The van der Waals surface area contributed by atoms with Crippen LogP contribution in [-0.2, 0) is 0 Å². The Morgan fingerprint density at radius 2 is 1.06 bits per heavy atom. The van der Waals surface area contributed by atoms with E-state index >= 15 is 0 Å². The summed E-state index contributed by atoms with van der Waals surface area (Å²) in [5.74, 6) is 2.28. The van der Waals surface area contributed by atoms with Crippen LogP contribution in [0.4, 0.5) is 5.82 Å². The van der Waals surface area contributed by atoms with E-state index in [1.54, 1.807) is 6.33 Å². The minimum absolute atomic E-state index is 0.842. The maximum Gasteiger partial charge on any atom is 0.184 e. The van der Waals surface area contributed by atoms with Gasteiger partial charge >= 0.3 is 0 Å². The second kappa shape index (κ2) is 12.8. The number of hydrogen-bond acceptors (Lipinski definition) is 4. The molecule has 0 saturated heterocycles.